The lowest BCUT2D eigenvalue weighted by atomic mass is 10.0. The first-order chi connectivity index (χ1) is 16.2. The van der Waals surface area contributed by atoms with E-state index in [9.17, 15) is 17.6 Å². The van der Waals surface area contributed by atoms with Gasteiger partial charge in [-0.25, -0.2) is 27.9 Å². The second kappa shape index (κ2) is 9.79. The lowest BCUT2D eigenvalue weighted by Crippen LogP contribution is -2.32. The van der Waals surface area contributed by atoms with E-state index in [4.69, 9.17) is 5.14 Å². The van der Waals surface area contributed by atoms with Gasteiger partial charge in [0.25, 0.3) is 5.91 Å². The largest absolute Gasteiger partial charge is 0.350 e. The number of fused-ring (bicyclic) bond motifs is 1. The van der Waals surface area contributed by atoms with Gasteiger partial charge in [0.1, 0.15) is 11.5 Å². The molecule has 174 valence electrons. The Hall–Kier alpha value is -3.48. The number of primary sulfonamides is 1. The summed E-state index contributed by atoms with van der Waals surface area (Å²) in [5, 5.41) is 11.1. The predicted molar refractivity (Wildman–Crippen MR) is 130 cm³/mol. The Morgan fingerprint density at radius 3 is 2.50 bits per heavy atom. The van der Waals surface area contributed by atoms with Gasteiger partial charge in [-0.05, 0) is 42.0 Å². The van der Waals surface area contributed by atoms with Crippen LogP contribution in [-0.2, 0) is 10.0 Å². The molecule has 0 radical (unpaired) electrons. The molecule has 0 saturated carbocycles. The minimum Gasteiger partial charge on any atom is -0.350 e. The molecule has 34 heavy (non-hydrogen) atoms. The van der Waals surface area contributed by atoms with Crippen molar-refractivity contribution >= 4 is 54.5 Å². The van der Waals surface area contributed by atoms with Crippen LogP contribution in [0.25, 0.3) is 22.2 Å². The van der Waals surface area contributed by atoms with Gasteiger partial charge >= 0.3 is 0 Å². The Kier molecular flexibility index (Phi) is 6.82. The molecule has 0 aliphatic rings. The third-order valence-electron chi connectivity index (χ3n) is 4.72. The van der Waals surface area contributed by atoms with Crippen molar-refractivity contribution in [2.24, 2.45) is 5.14 Å². The molecule has 0 bridgehead atoms. The molecule has 0 aliphatic carbocycles. The highest BCUT2D eigenvalue weighted by atomic mass is 79.9. The zero-order chi connectivity index (χ0) is 24.3. The highest BCUT2D eigenvalue weighted by molar-refractivity contribution is 9.10. The van der Waals surface area contributed by atoms with Crippen LogP contribution < -0.4 is 15.8 Å². The number of amides is 1. The monoisotopic (exact) mass is 544 g/mol. The quantitative estimate of drug-likeness (QED) is 0.324. The summed E-state index contributed by atoms with van der Waals surface area (Å²) in [5.41, 5.74) is 2.09. The van der Waals surface area contributed by atoms with Gasteiger partial charge in [0.15, 0.2) is 5.65 Å². The summed E-state index contributed by atoms with van der Waals surface area (Å²) in [7, 11) is -3.74. The Labute approximate surface area is 202 Å². The summed E-state index contributed by atoms with van der Waals surface area (Å²) in [6.45, 7) is -0.173. The Balaban J connectivity index is 1.74. The summed E-state index contributed by atoms with van der Waals surface area (Å²) in [6, 6.07) is 14.7. The number of hydrogen-bond donors (Lipinski definition) is 3. The van der Waals surface area contributed by atoms with E-state index < -0.39 is 21.7 Å². The molecule has 0 spiro atoms. The highest BCUT2D eigenvalue weighted by Gasteiger charge is 2.19. The Morgan fingerprint density at radius 1 is 1.06 bits per heavy atom. The van der Waals surface area contributed by atoms with Crippen LogP contribution >= 0.6 is 15.9 Å². The molecule has 0 saturated heterocycles. The van der Waals surface area contributed by atoms with Gasteiger partial charge in [0.05, 0.1) is 5.75 Å². The molecule has 2 aromatic carbocycles. The molecule has 4 N–H and O–H groups in total. The number of halogens is 2. The molecule has 0 fully saturated rings. The average Bonchev–Trinajstić information content (AvgIpc) is 2.79. The van der Waals surface area contributed by atoms with Crippen molar-refractivity contribution < 1.29 is 17.6 Å². The predicted octanol–water partition coefficient (Wildman–Crippen LogP) is 3.36. The fourth-order valence-corrected chi connectivity index (χ4v) is 4.02. The minimum atomic E-state index is -3.74. The first-order valence-electron chi connectivity index (χ1n) is 9.93. The number of pyridine rings is 1. The number of nitrogens with two attached hydrogens (primary N) is 1. The van der Waals surface area contributed by atoms with E-state index >= 15 is 0 Å². The molecule has 4 rings (SSSR count). The number of carbonyl (C=O) groups is 1. The van der Waals surface area contributed by atoms with E-state index in [0.717, 1.165) is 4.47 Å². The van der Waals surface area contributed by atoms with Crippen molar-refractivity contribution in [3.05, 3.63) is 76.8 Å². The van der Waals surface area contributed by atoms with Crippen molar-refractivity contribution in [2.45, 2.75) is 0 Å². The van der Waals surface area contributed by atoms with Crippen LogP contribution in [0.5, 0.6) is 0 Å². The van der Waals surface area contributed by atoms with Crippen LogP contribution in [-0.4, -0.2) is 41.6 Å². The van der Waals surface area contributed by atoms with E-state index in [2.05, 4.69) is 41.5 Å². The van der Waals surface area contributed by atoms with E-state index in [1.807, 2.05) is 24.3 Å². The van der Waals surface area contributed by atoms with Crippen molar-refractivity contribution in [1.29, 1.82) is 0 Å². The number of nitrogens with one attached hydrogen (secondary N) is 2. The number of nitrogens with zero attached hydrogens (tertiary/aromatic N) is 3. The van der Waals surface area contributed by atoms with Gasteiger partial charge in [-0.1, -0.05) is 34.1 Å². The van der Waals surface area contributed by atoms with Gasteiger partial charge in [0.2, 0.25) is 16.0 Å². The van der Waals surface area contributed by atoms with E-state index in [0.29, 0.717) is 22.2 Å². The highest BCUT2D eigenvalue weighted by Crippen LogP contribution is 2.32. The standard InChI is InChI=1S/C22H18BrFN6O3S/c23-18-4-2-1-3-16(18)17-11-13-12-27-22(28-15-7-5-14(24)6-8-15)30-20(13)29-19(17)21(31)26-9-10-34(25,32)33/h1-8,11-12H,9-10H2,(H,26,31)(H2,25,32,33)(H,27,28,29,30). The first kappa shape index (κ1) is 23.7. The summed E-state index contributed by atoms with van der Waals surface area (Å²) < 4.78 is 36.4. The molecular formula is C22H18BrFN6O3S. The molecule has 0 atom stereocenters. The molecule has 1 amide bonds. The fraction of sp³-hybridized carbons (Fsp3) is 0.0909. The van der Waals surface area contributed by atoms with Crippen molar-refractivity contribution in [3.8, 4) is 11.1 Å². The number of anilines is 2. The molecule has 2 heterocycles. The maximum atomic E-state index is 13.2. The third kappa shape index (κ3) is 5.71. The van der Waals surface area contributed by atoms with Crippen molar-refractivity contribution in [1.82, 2.24) is 20.3 Å². The summed E-state index contributed by atoms with van der Waals surface area (Å²) in [4.78, 5) is 26.1. The third-order valence-corrected chi connectivity index (χ3v) is 6.18. The minimum absolute atomic E-state index is 0.0558. The van der Waals surface area contributed by atoms with Gasteiger partial charge in [0, 0.05) is 33.9 Å². The summed E-state index contributed by atoms with van der Waals surface area (Å²) >= 11 is 3.49. The zero-order valence-electron chi connectivity index (χ0n) is 17.5. The number of carbonyl (C=O) groups excluding carboxylic acids is 1. The van der Waals surface area contributed by atoms with Gasteiger partial charge in [-0.15, -0.1) is 0 Å². The van der Waals surface area contributed by atoms with Gasteiger partial charge in [-0.2, -0.15) is 4.98 Å². The Morgan fingerprint density at radius 2 is 1.79 bits per heavy atom. The van der Waals surface area contributed by atoms with Crippen LogP contribution in [0.2, 0.25) is 0 Å². The molecule has 0 aliphatic heterocycles. The van der Waals surface area contributed by atoms with E-state index in [1.54, 1.807) is 12.3 Å². The smallest absolute Gasteiger partial charge is 0.270 e. The van der Waals surface area contributed by atoms with Crippen LogP contribution in [0.3, 0.4) is 0 Å². The number of hydrogen-bond acceptors (Lipinski definition) is 7. The lowest BCUT2D eigenvalue weighted by molar-refractivity contribution is 0.0952. The van der Waals surface area contributed by atoms with Crippen LogP contribution in [0.4, 0.5) is 16.0 Å². The number of rotatable bonds is 7. The lowest BCUT2D eigenvalue weighted by Gasteiger charge is -2.13. The molecule has 12 heteroatoms. The normalized spacial score (nSPS) is 11.4. The molecule has 2 aromatic heterocycles. The second-order valence-corrected chi connectivity index (χ2v) is 9.81. The average molecular weight is 545 g/mol. The number of sulfonamides is 1. The first-order valence-corrected chi connectivity index (χ1v) is 12.4. The van der Waals surface area contributed by atoms with Crippen LogP contribution in [0.15, 0.2) is 65.3 Å². The van der Waals surface area contributed by atoms with Crippen LogP contribution in [0, 0.1) is 5.82 Å². The van der Waals surface area contributed by atoms with Crippen molar-refractivity contribution in [3.63, 3.8) is 0 Å². The SMILES string of the molecule is NS(=O)(=O)CCNC(=O)c1nc2nc(Nc3ccc(F)cc3)ncc2cc1-c1ccccc1Br. The van der Waals surface area contributed by atoms with Gasteiger partial charge < -0.3 is 10.6 Å². The maximum Gasteiger partial charge on any atom is 0.270 e. The molecule has 9 nitrogen and oxygen atoms in total. The maximum absolute atomic E-state index is 13.2. The van der Waals surface area contributed by atoms with E-state index in [1.165, 1.54) is 24.3 Å². The molecule has 0 unspecified atom stereocenters. The summed E-state index contributed by atoms with van der Waals surface area (Å²) in [5.74, 6) is -1.15. The van der Waals surface area contributed by atoms with E-state index in [-0.39, 0.29) is 29.7 Å². The van der Waals surface area contributed by atoms with Gasteiger partial charge in [-0.3, -0.25) is 4.79 Å². The zero-order valence-corrected chi connectivity index (χ0v) is 19.9. The van der Waals surface area contributed by atoms with Crippen LogP contribution in [0.1, 0.15) is 10.5 Å². The molecule has 4 aromatic rings. The number of aromatic nitrogens is 3. The molecular weight excluding hydrogens is 527 g/mol. The fourth-order valence-electron chi connectivity index (χ4n) is 3.13. The Bertz CT molecular complexity index is 1480. The topological polar surface area (TPSA) is 140 Å². The summed E-state index contributed by atoms with van der Waals surface area (Å²) in [6.07, 6.45) is 1.56. The number of benzene rings is 2. The second-order valence-electron chi connectivity index (χ2n) is 7.23. The van der Waals surface area contributed by atoms with Crippen molar-refractivity contribution in [2.75, 3.05) is 17.6 Å².